The zero-order valence-electron chi connectivity index (χ0n) is 8.19. The monoisotopic (exact) mass is 195 g/mol. The van der Waals surface area contributed by atoms with Gasteiger partial charge in [-0.05, 0) is 26.2 Å². The molecule has 1 fully saturated rings. The lowest BCUT2D eigenvalue weighted by molar-refractivity contribution is 0.0674. The summed E-state index contributed by atoms with van der Waals surface area (Å²) in [4.78, 5) is 17.4. The van der Waals surface area contributed by atoms with E-state index in [-0.39, 0.29) is 11.8 Å². The van der Waals surface area contributed by atoms with E-state index in [1.807, 2.05) is 0 Å². The Hall–Kier alpha value is -1.39. The Balaban J connectivity index is 2.07. The maximum absolute atomic E-state index is 11.7. The molecule has 0 saturated carbocycles. The average molecular weight is 195 g/mol. The van der Waals surface area contributed by atoms with E-state index in [1.165, 1.54) is 6.42 Å². The van der Waals surface area contributed by atoms with Gasteiger partial charge in [-0.25, -0.2) is 0 Å². The van der Waals surface area contributed by atoms with Crippen LogP contribution in [0.15, 0.2) is 4.52 Å². The quantitative estimate of drug-likeness (QED) is 0.670. The van der Waals surface area contributed by atoms with Gasteiger partial charge < -0.3 is 9.42 Å². The molecule has 14 heavy (non-hydrogen) atoms. The van der Waals surface area contributed by atoms with E-state index in [9.17, 15) is 4.79 Å². The molecule has 0 aromatic carbocycles. The predicted molar refractivity (Wildman–Crippen MR) is 48.8 cm³/mol. The SMILES string of the molecule is Cc1noc(C(=O)N2CCCCC2)n1. The summed E-state index contributed by atoms with van der Waals surface area (Å²) in [7, 11) is 0. The van der Waals surface area contributed by atoms with Crippen molar-refractivity contribution in [1.29, 1.82) is 0 Å². The number of likely N-dealkylation sites (tertiary alicyclic amines) is 1. The van der Waals surface area contributed by atoms with Gasteiger partial charge in [0, 0.05) is 13.1 Å². The number of hydrogen-bond acceptors (Lipinski definition) is 4. The van der Waals surface area contributed by atoms with E-state index < -0.39 is 0 Å². The summed E-state index contributed by atoms with van der Waals surface area (Å²) in [5.74, 6) is 0.486. The van der Waals surface area contributed by atoms with Crippen LogP contribution in [0.4, 0.5) is 0 Å². The van der Waals surface area contributed by atoms with Gasteiger partial charge in [0.2, 0.25) is 0 Å². The molecular formula is C9H13N3O2. The lowest BCUT2D eigenvalue weighted by Crippen LogP contribution is -2.35. The van der Waals surface area contributed by atoms with Crippen molar-refractivity contribution >= 4 is 5.91 Å². The summed E-state index contributed by atoms with van der Waals surface area (Å²) < 4.78 is 4.83. The van der Waals surface area contributed by atoms with Gasteiger partial charge in [0.15, 0.2) is 5.82 Å². The van der Waals surface area contributed by atoms with Gasteiger partial charge in [0.05, 0.1) is 0 Å². The van der Waals surface area contributed by atoms with Crippen LogP contribution in [0.25, 0.3) is 0 Å². The Kier molecular flexibility index (Phi) is 2.47. The molecule has 1 aromatic heterocycles. The molecule has 0 aliphatic carbocycles. The van der Waals surface area contributed by atoms with Crippen LogP contribution in [-0.4, -0.2) is 34.0 Å². The number of amides is 1. The zero-order valence-corrected chi connectivity index (χ0v) is 8.19. The van der Waals surface area contributed by atoms with Crippen molar-refractivity contribution in [2.75, 3.05) is 13.1 Å². The molecule has 0 spiro atoms. The highest BCUT2D eigenvalue weighted by molar-refractivity contribution is 5.89. The molecule has 1 aliphatic rings. The van der Waals surface area contributed by atoms with Crippen LogP contribution in [0.5, 0.6) is 0 Å². The van der Waals surface area contributed by atoms with Crippen LogP contribution >= 0.6 is 0 Å². The Bertz CT molecular complexity index is 329. The van der Waals surface area contributed by atoms with Crippen molar-refractivity contribution in [3.8, 4) is 0 Å². The molecule has 5 nitrogen and oxygen atoms in total. The minimum atomic E-state index is -0.134. The fourth-order valence-electron chi connectivity index (χ4n) is 1.62. The van der Waals surface area contributed by atoms with E-state index in [4.69, 9.17) is 4.52 Å². The fraction of sp³-hybridized carbons (Fsp3) is 0.667. The van der Waals surface area contributed by atoms with Crippen LogP contribution in [0, 0.1) is 6.92 Å². The number of rotatable bonds is 1. The standard InChI is InChI=1S/C9H13N3O2/c1-7-10-8(14-11-7)9(13)12-5-3-2-4-6-12/h2-6H2,1H3. The van der Waals surface area contributed by atoms with Gasteiger partial charge in [-0.2, -0.15) is 4.98 Å². The summed E-state index contributed by atoms with van der Waals surface area (Å²) in [5, 5.41) is 3.60. The highest BCUT2D eigenvalue weighted by atomic mass is 16.5. The molecule has 0 N–H and O–H groups in total. The Morgan fingerprint density at radius 3 is 2.64 bits per heavy atom. The molecule has 0 atom stereocenters. The fourth-order valence-corrected chi connectivity index (χ4v) is 1.62. The Morgan fingerprint density at radius 2 is 2.07 bits per heavy atom. The number of hydrogen-bond donors (Lipinski definition) is 0. The van der Waals surface area contributed by atoms with E-state index >= 15 is 0 Å². The predicted octanol–water partition coefficient (Wildman–Crippen LogP) is 1.00. The van der Waals surface area contributed by atoms with E-state index in [1.54, 1.807) is 11.8 Å². The molecule has 1 amide bonds. The molecule has 1 saturated heterocycles. The van der Waals surface area contributed by atoms with E-state index in [0.717, 1.165) is 25.9 Å². The largest absolute Gasteiger partial charge is 0.334 e. The molecule has 76 valence electrons. The number of carbonyl (C=O) groups is 1. The molecule has 0 radical (unpaired) electrons. The Labute approximate surface area is 82.1 Å². The van der Waals surface area contributed by atoms with Crippen LogP contribution in [0.1, 0.15) is 35.8 Å². The van der Waals surface area contributed by atoms with Crippen molar-refractivity contribution in [1.82, 2.24) is 15.0 Å². The third-order valence-corrected chi connectivity index (χ3v) is 2.35. The van der Waals surface area contributed by atoms with Gasteiger partial charge in [-0.3, -0.25) is 4.79 Å². The summed E-state index contributed by atoms with van der Waals surface area (Å²) >= 11 is 0. The van der Waals surface area contributed by atoms with Crippen LogP contribution < -0.4 is 0 Å². The molecule has 2 rings (SSSR count). The maximum atomic E-state index is 11.7. The lowest BCUT2D eigenvalue weighted by Gasteiger charge is -2.24. The minimum absolute atomic E-state index is 0.115. The molecule has 1 aliphatic heterocycles. The summed E-state index contributed by atoms with van der Waals surface area (Å²) in [6.45, 7) is 3.32. The van der Waals surface area contributed by atoms with Crippen LogP contribution in [0.2, 0.25) is 0 Å². The zero-order chi connectivity index (χ0) is 9.97. The molecular weight excluding hydrogens is 182 g/mol. The first-order valence-corrected chi connectivity index (χ1v) is 4.87. The van der Waals surface area contributed by atoms with Crippen molar-refractivity contribution in [3.05, 3.63) is 11.7 Å². The third kappa shape index (κ3) is 1.76. The van der Waals surface area contributed by atoms with Gasteiger partial charge >= 0.3 is 11.8 Å². The van der Waals surface area contributed by atoms with E-state index in [0.29, 0.717) is 5.82 Å². The smallest absolute Gasteiger partial charge is 0.316 e. The van der Waals surface area contributed by atoms with Crippen molar-refractivity contribution < 1.29 is 9.32 Å². The summed E-state index contributed by atoms with van der Waals surface area (Å²) in [5.41, 5.74) is 0. The first-order valence-electron chi connectivity index (χ1n) is 4.87. The van der Waals surface area contributed by atoms with E-state index in [2.05, 4.69) is 10.1 Å². The number of aromatic nitrogens is 2. The molecule has 2 heterocycles. The van der Waals surface area contributed by atoms with Crippen molar-refractivity contribution in [3.63, 3.8) is 0 Å². The summed E-state index contributed by atoms with van der Waals surface area (Å²) in [6.07, 6.45) is 3.34. The second kappa shape index (κ2) is 3.77. The molecule has 0 bridgehead atoms. The molecule has 5 heteroatoms. The highest BCUT2D eigenvalue weighted by Gasteiger charge is 2.22. The van der Waals surface area contributed by atoms with Gasteiger partial charge in [0.1, 0.15) is 0 Å². The first kappa shape index (κ1) is 9.18. The summed E-state index contributed by atoms with van der Waals surface area (Å²) in [6, 6.07) is 0. The maximum Gasteiger partial charge on any atom is 0.316 e. The highest BCUT2D eigenvalue weighted by Crippen LogP contribution is 2.11. The van der Waals surface area contributed by atoms with Crippen molar-refractivity contribution in [2.45, 2.75) is 26.2 Å². The number of nitrogens with zero attached hydrogens (tertiary/aromatic N) is 3. The second-order valence-electron chi connectivity index (χ2n) is 3.50. The molecule has 0 unspecified atom stereocenters. The average Bonchev–Trinajstić information content (AvgIpc) is 2.65. The number of piperidine rings is 1. The van der Waals surface area contributed by atoms with Gasteiger partial charge in [-0.1, -0.05) is 5.16 Å². The van der Waals surface area contributed by atoms with Crippen LogP contribution in [0.3, 0.4) is 0 Å². The third-order valence-electron chi connectivity index (χ3n) is 2.35. The second-order valence-corrected chi connectivity index (χ2v) is 3.50. The first-order chi connectivity index (χ1) is 6.77. The van der Waals surface area contributed by atoms with Gasteiger partial charge in [0.25, 0.3) is 0 Å². The van der Waals surface area contributed by atoms with Crippen molar-refractivity contribution in [2.24, 2.45) is 0 Å². The van der Waals surface area contributed by atoms with Crippen LogP contribution in [-0.2, 0) is 0 Å². The number of aryl methyl sites for hydroxylation is 1. The van der Waals surface area contributed by atoms with Gasteiger partial charge in [-0.15, -0.1) is 0 Å². The minimum Gasteiger partial charge on any atom is -0.334 e. The lowest BCUT2D eigenvalue weighted by atomic mass is 10.1. The Morgan fingerprint density at radius 1 is 1.36 bits per heavy atom. The number of carbonyl (C=O) groups excluding carboxylic acids is 1. The normalized spacial score (nSPS) is 17.1. The topological polar surface area (TPSA) is 59.2 Å². The molecule has 1 aromatic rings.